The van der Waals surface area contributed by atoms with E-state index >= 15 is 0 Å². The molecule has 80 valence electrons. The van der Waals surface area contributed by atoms with Gasteiger partial charge in [0.2, 0.25) is 0 Å². The predicted molar refractivity (Wildman–Crippen MR) is 58.6 cm³/mol. The second-order valence-corrected chi connectivity index (χ2v) is 3.85. The van der Waals surface area contributed by atoms with Crippen LogP contribution in [-0.2, 0) is 0 Å². The molecule has 0 spiro atoms. The average molecular weight is 289 g/mol. The molecule has 1 unspecified atom stereocenters. The molecule has 0 N–H and O–H groups in total. The fraction of sp³-hybridized carbons (Fsp3) is 0.385. The van der Waals surface area contributed by atoms with Gasteiger partial charge in [0.25, 0.3) is 0 Å². The zero-order valence-corrected chi connectivity index (χ0v) is 15.0. The van der Waals surface area contributed by atoms with E-state index < -0.39 is 6.10 Å². The van der Waals surface area contributed by atoms with E-state index in [1.807, 2.05) is 18.2 Å². The Bertz CT molecular complexity index is 399. The number of hydrogen-bond acceptors (Lipinski definition) is 2. The van der Waals surface area contributed by atoms with Crippen molar-refractivity contribution in [1.82, 2.24) is 0 Å². The first-order valence-corrected chi connectivity index (χ1v) is 5.32. The Morgan fingerprint density at radius 1 is 1.56 bits per heavy atom. The summed E-state index contributed by atoms with van der Waals surface area (Å²) in [6, 6.07) is 5.87. The molecule has 2 rings (SSSR count). The van der Waals surface area contributed by atoms with Crippen molar-refractivity contribution >= 4 is 5.57 Å². The van der Waals surface area contributed by atoms with E-state index in [2.05, 4.69) is 19.9 Å². The first kappa shape index (κ1) is 14.6. The van der Waals surface area contributed by atoms with E-state index in [9.17, 15) is 5.11 Å². The minimum atomic E-state index is -0.714. The Morgan fingerprint density at radius 2 is 2.31 bits per heavy atom. The molecule has 0 fully saturated rings. The van der Waals surface area contributed by atoms with Gasteiger partial charge < -0.3 is 9.84 Å². The zero-order chi connectivity index (χ0) is 10.8. The second-order valence-electron chi connectivity index (χ2n) is 3.85. The summed E-state index contributed by atoms with van der Waals surface area (Å²) in [7, 11) is 0. The maximum atomic E-state index is 11.5. The molecule has 16 heavy (non-hydrogen) atoms. The molecule has 1 aromatic carbocycles. The molecule has 0 amide bonds. The SMILES string of the molecule is CCC=C(C)c1ccc2c(c1)C([O-])CO2.[Rb+]. The molecule has 2 nitrogen and oxygen atoms in total. The van der Waals surface area contributed by atoms with Crippen LogP contribution in [0, 0.1) is 0 Å². The molecule has 1 atom stereocenters. The third kappa shape index (κ3) is 3.05. The molecule has 1 aliphatic heterocycles. The van der Waals surface area contributed by atoms with E-state index in [0.717, 1.165) is 23.3 Å². The summed E-state index contributed by atoms with van der Waals surface area (Å²) in [6.07, 6.45) is 2.46. The van der Waals surface area contributed by atoms with Crippen molar-refractivity contribution in [3.8, 4) is 5.75 Å². The predicted octanol–water partition coefficient (Wildman–Crippen LogP) is -0.702. The molecule has 0 radical (unpaired) electrons. The quantitative estimate of drug-likeness (QED) is 0.721. The minimum Gasteiger partial charge on any atom is -0.846 e. The van der Waals surface area contributed by atoms with Crippen LogP contribution in [0.5, 0.6) is 5.75 Å². The van der Waals surface area contributed by atoms with Gasteiger partial charge in [-0.1, -0.05) is 25.2 Å². The first-order valence-electron chi connectivity index (χ1n) is 5.32. The Hall–Kier alpha value is 0.525. The van der Waals surface area contributed by atoms with E-state index in [4.69, 9.17) is 4.74 Å². The Labute approximate surface area is 145 Å². The van der Waals surface area contributed by atoms with Crippen LogP contribution in [0.2, 0.25) is 0 Å². The monoisotopic (exact) mass is 288 g/mol. The van der Waals surface area contributed by atoms with Crippen LogP contribution in [-0.4, -0.2) is 6.61 Å². The summed E-state index contributed by atoms with van der Waals surface area (Å²) in [5, 5.41) is 11.5. The van der Waals surface area contributed by atoms with Gasteiger partial charge in [-0.25, -0.2) is 0 Å². The van der Waals surface area contributed by atoms with Gasteiger partial charge in [-0.05, 0) is 42.2 Å². The molecule has 3 heteroatoms. The molecule has 1 heterocycles. The fourth-order valence-corrected chi connectivity index (χ4v) is 1.86. The molecule has 1 aromatic rings. The van der Waals surface area contributed by atoms with Crippen LogP contribution < -0.4 is 68.0 Å². The summed E-state index contributed by atoms with van der Waals surface area (Å²) < 4.78 is 5.27. The van der Waals surface area contributed by atoms with Gasteiger partial charge in [0, 0.05) is 0 Å². The average Bonchev–Trinajstić information content (AvgIpc) is 2.60. The molecule has 0 saturated heterocycles. The smallest absolute Gasteiger partial charge is 0.846 e. The summed E-state index contributed by atoms with van der Waals surface area (Å²) >= 11 is 0. The van der Waals surface area contributed by atoms with Gasteiger partial charge in [-0.15, -0.1) is 0 Å². The number of ether oxygens (including phenoxy) is 1. The number of rotatable bonds is 2. The van der Waals surface area contributed by atoms with Gasteiger partial charge in [-0.3, -0.25) is 0 Å². The number of benzene rings is 1. The van der Waals surface area contributed by atoms with Gasteiger partial charge in [0.1, 0.15) is 5.75 Å². The topological polar surface area (TPSA) is 32.3 Å². The largest absolute Gasteiger partial charge is 1.00 e. The Balaban J connectivity index is 0.00000128. The molecule has 1 aliphatic rings. The maximum Gasteiger partial charge on any atom is 1.00 e. The summed E-state index contributed by atoms with van der Waals surface area (Å²) in [4.78, 5) is 0. The summed E-state index contributed by atoms with van der Waals surface area (Å²) in [5.41, 5.74) is 3.15. The van der Waals surface area contributed by atoms with Crippen molar-refractivity contribution < 1.29 is 68.0 Å². The van der Waals surface area contributed by atoms with Crippen molar-refractivity contribution in [2.45, 2.75) is 26.4 Å². The van der Waals surface area contributed by atoms with Crippen molar-refractivity contribution in [3.63, 3.8) is 0 Å². The normalized spacial score (nSPS) is 18.7. The van der Waals surface area contributed by atoms with E-state index in [1.165, 1.54) is 5.57 Å². The van der Waals surface area contributed by atoms with E-state index in [0.29, 0.717) is 0 Å². The standard InChI is InChI=1S/C13H15O2.Rb/c1-3-4-9(2)10-5-6-13-11(7-10)12(14)8-15-13;/h4-7,12H,3,8H2,1-2H3;/q-1;+1. The van der Waals surface area contributed by atoms with Crippen molar-refractivity contribution in [2.75, 3.05) is 6.61 Å². The Morgan fingerprint density at radius 3 is 3.00 bits per heavy atom. The van der Waals surface area contributed by atoms with Crippen LogP contribution >= 0.6 is 0 Å². The molecule has 0 saturated carbocycles. The van der Waals surface area contributed by atoms with Gasteiger partial charge in [0.05, 0.1) is 6.61 Å². The van der Waals surface area contributed by atoms with Gasteiger partial charge in [0.15, 0.2) is 0 Å². The third-order valence-electron chi connectivity index (χ3n) is 2.71. The van der Waals surface area contributed by atoms with E-state index in [1.54, 1.807) is 0 Å². The van der Waals surface area contributed by atoms with Crippen LogP contribution in [0.3, 0.4) is 0 Å². The molecule has 0 aliphatic carbocycles. The molecular formula is C13H15O2Rb. The zero-order valence-electron chi connectivity index (χ0n) is 10.1. The summed E-state index contributed by atoms with van der Waals surface area (Å²) in [5.74, 6) is 0.753. The van der Waals surface area contributed by atoms with Crippen molar-refractivity contribution in [3.05, 3.63) is 35.4 Å². The first-order chi connectivity index (χ1) is 7.22. The van der Waals surface area contributed by atoms with Crippen molar-refractivity contribution in [1.29, 1.82) is 0 Å². The van der Waals surface area contributed by atoms with Crippen molar-refractivity contribution in [2.24, 2.45) is 0 Å². The molecule has 0 aromatic heterocycles. The molecular weight excluding hydrogens is 274 g/mol. The minimum absolute atomic E-state index is 0. The second kappa shape index (κ2) is 6.46. The van der Waals surface area contributed by atoms with Crippen LogP contribution in [0.1, 0.15) is 37.5 Å². The van der Waals surface area contributed by atoms with Crippen LogP contribution in [0.4, 0.5) is 0 Å². The van der Waals surface area contributed by atoms with Gasteiger partial charge in [-0.2, -0.15) is 0 Å². The number of allylic oxidation sites excluding steroid dienone is 2. The molecule has 0 bridgehead atoms. The van der Waals surface area contributed by atoms with Crippen LogP contribution in [0.15, 0.2) is 24.3 Å². The van der Waals surface area contributed by atoms with E-state index in [-0.39, 0.29) is 64.8 Å². The number of hydrogen-bond donors (Lipinski definition) is 0. The fourth-order valence-electron chi connectivity index (χ4n) is 1.86. The Kier molecular flexibility index (Phi) is 5.89. The maximum absolute atomic E-state index is 11.5. The third-order valence-corrected chi connectivity index (χ3v) is 2.71. The summed E-state index contributed by atoms with van der Waals surface area (Å²) in [6.45, 7) is 4.45. The van der Waals surface area contributed by atoms with Gasteiger partial charge >= 0.3 is 58.2 Å². The number of fused-ring (bicyclic) bond motifs is 1. The van der Waals surface area contributed by atoms with Crippen LogP contribution in [0.25, 0.3) is 5.57 Å².